The second-order valence-corrected chi connectivity index (χ2v) is 14.9. The molecule has 6 nitrogen and oxygen atoms in total. The number of para-hydroxylation sites is 1. The second-order valence-electron chi connectivity index (χ2n) is 14.9. The van der Waals surface area contributed by atoms with Crippen LogP contribution in [0.3, 0.4) is 0 Å². The summed E-state index contributed by atoms with van der Waals surface area (Å²) in [5.74, 6) is 2.07. The van der Waals surface area contributed by atoms with E-state index >= 15 is 0 Å². The third kappa shape index (κ3) is 11.2. The van der Waals surface area contributed by atoms with Crippen molar-refractivity contribution in [2.45, 2.75) is 104 Å². The first-order valence-electron chi connectivity index (χ1n) is 16.9. The number of hydrogen-bond donors (Lipinski definition) is 2. The number of phenols is 2. The first-order chi connectivity index (χ1) is 22.6. The first kappa shape index (κ1) is 39.4. The second kappa shape index (κ2) is 17.1. The van der Waals surface area contributed by atoms with Gasteiger partial charge in [0, 0.05) is 52.0 Å². The van der Waals surface area contributed by atoms with E-state index < -0.39 is 0 Å². The number of benzene rings is 4. The molecule has 260 valence electrons. The number of aromatic hydroxyl groups is 2. The predicted octanol–water partition coefficient (Wildman–Crippen LogP) is 9.71. The van der Waals surface area contributed by atoms with Crippen LogP contribution in [0, 0.1) is 13.8 Å². The quantitative estimate of drug-likeness (QED) is 0.196. The number of rotatable bonds is 6. The Bertz CT molecular complexity index is 1630. The molecule has 4 aromatic carbocycles. The van der Waals surface area contributed by atoms with Crippen LogP contribution in [0.15, 0.2) is 88.8 Å². The summed E-state index contributed by atoms with van der Waals surface area (Å²) in [5, 5.41) is 32.6. The third-order valence-corrected chi connectivity index (χ3v) is 8.49. The van der Waals surface area contributed by atoms with Gasteiger partial charge in [0.2, 0.25) is 0 Å². The van der Waals surface area contributed by atoms with E-state index in [1.165, 1.54) is 12.1 Å². The molecular weight excluding hydrogens is 648 g/mol. The average molecular weight is 700 g/mol. The smallest absolute Gasteiger partial charge is 0.128 e. The van der Waals surface area contributed by atoms with Gasteiger partial charge < -0.3 is 20.1 Å². The Morgan fingerprint density at radius 1 is 0.653 bits per heavy atom. The van der Waals surface area contributed by atoms with Crippen molar-refractivity contribution in [3.05, 3.63) is 112 Å². The zero-order valence-electron chi connectivity index (χ0n) is 30.2. The SMILES string of the molecule is Cc1cc(C=N[C@@H]2CCCC[C@H]2N=Cc2cc(C)cc(C(C)(C)C)c2O)c(O)c(C(C)(C)C)c1.[Cr].[O-]c1ccc(Oc2ccccc2)cc1. The molecule has 0 unspecified atom stereocenters. The van der Waals surface area contributed by atoms with Gasteiger partial charge in [-0.1, -0.05) is 96.8 Å². The minimum atomic E-state index is -0.141. The Morgan fingerprint density at radius 3 is 1.47 bits per heavy atom. The summed E-state index contributed by atoms with van der Waals surface area (Å²) >= 11 is 0. The Kier molecular flexibility index (Phi) is 13.7. The molecule has 1 fully saturated rings. The molecule has 4 aromatic rings. The average Bonchev–Trinajstić information content (AvgIpc) is 3.03. The Labute approximate surface area is 303 Å². The number of ether oxygens (including phenoxy) is 1. The van der Waals surface area contributed by atoms with Crippen LogP contribution >= 0.6 is 0 Å². The minimum Gasteiger partial charge on any atom is -0.872 e. The molecule has 2 N–H and O–H groups in total. The van der Waals surface area contributed by atoms with Crippen molar-refractivity contribution in [2.24, 2.45) is 9.98 Å². The van der Waals surface area contributed by atoms with Gasteiger partial charge in [-0.3, -0.25) is 9.98 Å². The largest absolute Gasteiger partial charge is 0.872 e. The summed E-state index contributed by atoms with van der Waals surface area (Å²) in [5.41, 5.74) is 5.37. The Morgan fingerprint density at radius 2 is 1.06 bits per heavy atom. The zero-order chi connectivity index (χ0) is 35.1. The normalized spacial score (nSPS) is 16.6. The van der Waals surface area contributed by atoms with Gasteiger partial charge in [-0.05, 0) is 85.0 Å². The van der Waals surface area contributed by atoms with E-state index in [9.17, 15) is 15.3 Å². The van der Waals surface area contributed by atoms with E-state index in [2.05, 4.69) is 67.5 Å². The molecule has 0 radical (unpaired) electrons. The zero-order valence-corrected chi connectivity index (χ0v) is 31.4. The molecule has 0 spiro atoms. The van der Waals surface area contributed by atoms with E-state index in [1.54, 1.807) is 12.1 Å². The molecule has 7 heteroatoms. The summed E-state index contributed by atoms with van der Waals surface area (Å²) in [6, 6.07) is 24.0. The van der Waals surface area contributed by atoms with Crippen LogP contribution in [0.1, 0.15) is 101 Å². The van der Waals surface area contributed by atoms with Gasteiger partial charge in [-0.25, -0.2) is 0 Å². The summed E-state index contributed by atoms with van der Waals surface area (Å²) in [6.07, 6.45) is 7.88. The molecular formula is C42H51CrN2O4-. The van der Waals surface area contributed by atoms with Gasteiger partial charge in [0.25, 0.3) is 0 Å². The summed E-state index contributed by atoms with van der Waals surface area (Å²) in [6.45, 7) is 16.8. The topological polar surface area (TPSA) is 97.5 Å². The molecule has 2 atom stereocenters. The van der Waals surface area contributed by atoms with Crippen molar-refractivity contribution in [1.29, 1.82) is 0 Å². The maximum Gasteiger partial charge on any atom is 0.128 e. The summed E-state index contributed by atoms with van der Waals surface area (Å²) in [4.78, 5) is 9.82. The number of hydrogen-bond acceptors (Lipinski definition) is 6. The van der Waals surface area contributed by atoms with Crippen LogP contribution in [0.25, 0.3) is 0 Å². The number of phenolic OH excluding ortho intramolecular Hbond substituents is 2. The Hall–Kier alpha value is -4.05. The van der Waals surface area contributed by atoms with Crippen LogP contribution in [0.2, 0.25) is 0 Å². The monoisotopic (exact) mass is 699 g/mol. The molecule has 0 saturated heterocycles. The fraction of sp³-hybridized carbons (Fsp3) is 0.381. The van der Waals surface area contributed by atoms with E-state index in [4.69, 9.17) is 14.7 Å². The van der Waals surface area contributed by atoms with Crippen LogP contribution in [0.4, 0.5) is 0 Å². The Balaban J connectivity index is 0.000000361. The molecule has 1 saturated carbocycles. The van der Waals surface area contributed by atoms with Crippen LogP contribution in [-0.4, -0.2) is 34.7 Å². The predicted molar refractivity (Wildman–Crippen MR) is 197 cm³/mol. The summed E-state index contributed by atoms with van der Waals surface area (Å²) < 4.78 is 5.49. The molecule has 0 amide bonds. The third-order valence-electron chi connectivity index (χ3n) is 8.49. The van der Waals surface area contributed by atoms with Crippen LogP contribution in [0.5, 0.6) is 28.7 Å². The van der Waals surface area contributed by atoms with Crippen molar-refractivity contribution in [1.82, 2.24) is 0 Å². The van der Waals surface area contributed by atoms with E-state index in [-0.39, 0.29) is 46.0 Å². The number of aliphatic imine (C=N–C) groups is 2. The first-order valence-corrected chi connectivity index (χ1v) is 16.9. The molecule has 0 heterocycles. The van der Waals surface area contributed by atoms with Gasteiger partial charge in [-0.15, -0.1) is 5.75 Å². The van der Waals surface area contributed by atoms with Gasteiger partial charge >= 0.3 is 0 Å². The van der Waals surface area contributed by atoms with Crippen LogP contribution in [-0.2, 0) is 28.2 Å². The van der Waals surface area contributed by atoms with Crippen molar-refractivity contribution < 1.29 is 37.4 Å². The van der Waals surface area contributed by atoms with Gasteiger partial charge in [0.1, 0.15) is 23.0 Å². The van der Waals surface area contributed by atoms with Crippen molar-refractivity contribution in [3.8, 4) is 28.7 Å². The molecule has 0 bridgehead atoms. The fourth-order valence-corrected chi connectivity index (χ4v) is 5.88. The van der Waals surface area contributed by atoms with Crippen molar-refractivity contribution >= 4 is 12.4 Å². The van der Waals surface area contributed by atoms with Crippen molar-refractivity contribution in [3.63, 3.8) is 0 Å². The van der Waals surface area contributed by atoms with Gasteiger partial charge in [0.05, 0.1) is 12.1 Å². The van der Waals surface area contributed by atoms with Gasteiger partial charge in [0.15, 0.2) is 0 Å². The molecule has 1 aliphatic rings. The van der Waals surface area contributed by atoms with Crippen molar-refractivity contribution in [2.75, 3.05) is 0 Å². The molecule has 49 heavy (non-hydrogen) atoms. The van der Waals surface area contributed by atoms with E-state index in [0.717, 1.165) is 64.8 Å². The number of nitrogens with zero attached hydrogens (tertiary/aromatic N) is 2. The minimum absolute atomic E-state index is 0. The summed E-state index contributed by atoms with van der Waals surface area (Å²) in [7, 11) is 0. The van der Waals surface area contributed by atoms with Crippen LogP contribution < -0.4 is 9.84 Å². The van der Waals surface area contributed by atoms with E-state index in [1.807, 2.05) is 54.9 Å². The molecule has 1 aliphatic carbocycles. The molecule has 5 rings (SSSR count). The molecule has 0 aliphatic heterocycles. The maximum atomic E-state index is 10.9. The van der Waals surface area contributed by atoms with Gasteiger partial charge in [-0.2, -0.15) is 0 Å². The number of aryl methyl sites for hydroxylation is 2. The molecule has 0 aromatic heterocycles. The fourth-order valence-electron chi connectivity index (χ4n) is 5.88. The standard InChI is InChI=1S/C30H42N2O2.C12H10O2.Cr/c1-19-13-21(27(33)23(15-19)29(3,4)5)17-31-25-11-9-10-12-26(25)32-18-22-14-20(2)16-24(28(22)34)30(6,7)8;13-10-6-8-12(9-7-10)14-11-4-2-1-3-5-11;/h13-18,25-26,33-34H,9-12H2,1-8H3;1-9,13H;/p-1/t25-,26-;;/m1../s1. The maximum absolute atomic E-state index is 10.9. The van der Waals surface area contributed by atoms with E-state index in [0.29, 0.717) is 17.2 Å².